The average Bonchev–Trinajstić information content (AvgIpc) is 2.41. The third-order valence-electron chi connectivity index (χ3n) is 2.69. The number of nitriles is 1. The van der Waals surface area contributed by atoms with Crippen molar-refractivity contribution in [2.45, 2.75) is 20.3 Å². The van der Waals surface area contributed by atoms with Crippen LogP contribution in [0.25, 0.3) is 11.3 Å². The highest BCUT2D eigenvalue weighted by molar-refractivity contribution is 5.67. The van der Waals surface area contributed by atoms with E-state index >= 15 is 0 Å². The zero-order valence-electron chi connectivity index (χ0n) is 10.3. The van der Waals surface area contributed by atoms with Crippen molar-refractivity contribution in [2.24, 2.45) is 0 Å². The molecule has 2 rings (SSSR count). The zero-order chi connectivity index (χ0) is 13.1. The SMILES string of the molecule is CCc1nc(N)c(C)c(-c2cncc(C#N)c2)n1. The van der Waals surface area contributed by atoms with Crippen molar-refractivity contribution in [1.82, 2.24) is 15.0 Å². The Kier molecular flexibility index (Phi) is 3.20. The van der Waals surface area contributed by atoms with Gasteiger partial charge in [0.1, 0.15) is 17.7 Å². The first-order chi connectivity index (χ1) is 8.65. The largest absolute Gasteiger partial charge is 0.383 e. The van der Waals surface area contributed by atoms with Crippen LogP contribution >= 0.6 is 0 Å². The molecule has 2 aromatic rings. The van der Waals surface area contributed by atoms with Crippen LogP contribution in [0.1, 0.15) is 23.9 Å². The maximum atomic E-state index is 8.89. The fraction of sp³-hybridized carbons (Fsp3) is 0.231. The monoisotopic (exact) mass is 239 g/mol. The second-order valence-electron chi connectivity index (χ2n) is 3.93. The van der Waals surface area contributed by atoms with E-state index in [1.165, 1.54) is 6.20 Å². The molecule has 0 aromatic carbocycles. The molecule has 2 heterocycles. The molecule has 0 unspecified atom stereocenters. The van der Waals surface area contributed by atoms with Gasteiger partial charge in [0.15, 0.2) is 0 Å². The molecule has 0 aliphatic rings. The van der Waals surface area contributed by atoms with Crippen molar-refractivity contribution in [3.63, 3.8) is 0 Å². The van der Waals surface area contributed by atoms with Crippen LogP contribution in [0.15, 0.2) is 18.5 Å². The predicted octanol–water partition coefficient (Wildman–Crippen LogP) is 1.86. The Morgan fingerprint density at radius 3 is 2.78 bits per heavy atom. The quantitative estimate of drug-likeness (QED) is 0.864. The molecule has 2 aromatic heterocycles. The summed E-state index contributed by atoms with van der Waals surface area (Å²) < 4.78 is 0. The van der Waals surface area contributed by atoms with Crippen LogP contribution in [-0.2, 0) is 6.42 Å². The van der Waals surface area contributed by atoms with Gasteiger partial charge in [0.2, 0.25) is 0 Å². The Morgan fingerprint density at radius 1 is 1.33 bits per heavy atom. The Morgan fingerprint density at radius 2 is 2.11 bits per heavy atom. The highest BCUT2D eigenvalue weighted by atomic mass is 15.0. The number of hydrogen-bond donors (Lipinski definition) is 1. The van der Waals surface area contributed by atoms with Crippen molar-refractivity contribution < 1.29 is 0 Å². The van der Waals surface area contributed by atoms with E-state index in [1.54, 1.807) is 12.3 Å². The van der Waals surface area contributed by atoms with E-state index in [1.807, 2.05) is 13.8 Å². The van der Waals surface area contributed by atoms with Crippen LogP contribution in [0, 0.1) is 18.3 Å². The van der Waals surface area contributed by atoms with Crippen molar-refractivity contribution in [3.8, 4) is 17.3 Å². The molecule has 5 heteroatoms. The number of nitrogens with zero attached hydrogens (tertiary/aromatic N) is 4. The summed E-state index contributed by atoms with van der Waals surface area (Å²) in [5.74, 6) is 1.16. The number of nitrogen functional groups attached to an aromatic ring is 1. The maximum absolute atomic E-state index is 8.89. The number of aryl methyl sites for hydroxylation is 1. The highest BCUT2D eigenvalue weighted by Crippen LogP contribution is 2.24. The van der Waals surface area contributed by atoms with Gasteiger partial charge in [0.25, 0.3) is 0 Å². The fourth-order valence-corrected chi connectivity index (χ4v) is 1.65. The third-order valence-corrected chi connectivity index (χ3v) is 2.69. The molecule has 18 heavy (non-hydrogen) atoms. The summed E-state index contributed by atoms with van der Waals surface area (Å²) in [4.78, 5) is 12.7. The normalized spacial score (nSPS) is 10.1. The first-order valence-corrected chi connectivity index (χ1v) is 5.64. The van der Waals surface area contributed by atoms with Crippen LogP contribution in [0.5, 0.6) is 0 Å². The van der Waals surface area contributed by atoms with E-state index in [9.17, 15) is 0 Å². The van der Waals surface area contributed by atoms with Gasteiger partial charge < -0.3 is 5.73 Å². The van der Waals surface area contributed by atoms with Crippen molar-refractivity contribution >= 4 is 5.82 Å². The summed E-state index contributed by atoms with van der Waals surface area (Å²) in [6.45, 7) is 3.83. The second kappa shape index (κ2) is 4.80. The molecule has 0 aliphatic carbocycles. The Labute approximate surface area is 105 Å². The minimum absolute atomic E-state index is 0.471. The Balaban J connectivity index is 2.63. The van der Waals surface area contributed by atoms with Gasteiger partial charge in [-0.1, -0.05) is 6.92 Å². The second-order valence-corrected chi connectivity index (χ2v) is 3.93. The molecule has 0 saturated heterocycles. The van der Waals surface area contributed by atoms with E-state index < -0.39 is 0 Å². The molecule has 5 nitrogen and oxygen atoms in total. The molecular weight excluding hydrogens is 226 g/mol. The smallest absolute Gasteiger partial charge is 0.131 e. The molecule has 0 aliphatic heterocycles. The third kappa shape index (κ3) is 2.13. The van der Waals surface area contributed by atoms with Crippen molar-refractivity contribution in [2.75, 3.05) is 5.73 Å². The molecule has 0 bridgehead atoms. The van der Waals surface area contributed by atoms with E-state index in [2.05, 4.69) is 21.0 Å². The van der Waals surface area contributed by atoms with Gasteiger partial charge in [-0.3, -0.25) is 4.98 Å². The summed E-state index contributed by atoms with van der Waals surface area (Å²) in [6.07, 6.45) is 3.90. The molecule has 0 fully saturated rings. The summed E-state index contributed by atoms with van der Waals surface area (Å²) in [6, 6.07) is 3.81. The summed E-state index contributed by atoms with van der Waals surface area (Å²) in [7, 11) is 0. The van der Waals surface area contributed by atoms with Gasteiger partial charge in [-0.15, -0.1) is 0 Å². The topological polar surface area (TPSA) is 88.5 Å². The summed E-state index contributed by atoms with van der Waals surface area (Å²) in [5, 5.41) is 8.89. The fourth-order valence-electron chi connectivity index (χ4n) is 1.65. The van der Waals surface area contributed by atoms with Crippen LogP contribution in [-0.4, -0.2) is 15.0 Å². The van der Waals surface area contributed by atoms with Gasteiger partial charge >= 0.3 is 0 Å². The zero-order valence-corrected chi connectivity index (χ0v) is 10.3. The predicted molar refractivity (Wildman–Crippen MR) is 68.5 cm³/mol. The molecule has 0 spiro atoms. The van der Waals surface area contributed by atoms with Crippen LogP contribution in [0.3, 0.4) is 0 Å². The summed E-state index contributed by atoms with van der Waals surface area (Å²) >= 11 is 0. The molecule has 2 N–H and O–H groups in total. The molecule has 0 amide bonds. The number of hydrogen-bond acceptors (Lipinski definition) is 5. The number of pyridine rings is 1. The Hall–Kier alpha value is -2.48. The lowest BCUT2D eigenvalue weighted by molar-refractivity contribution is 0.939. The van der Waals surface area contributed by atoms with E-state index in [0.29, 0.717) is 23.6 Å². The first kappa shape index (κ1) is 12.0. The van der Waals surface area contributed by atoms with Gasteiger partial charge in [-0.05, 0) is 13.0 Å². The standard InChI is InChI=1S/C13H13N5/c1-3-11-17-12(8(2)13(15)18-11)10-4-9(5-14)6-16-7-10/h4,6-7H,3H2,1-2H3,(H2,15,17,18). The molecule has 0 saturated carbocycles. The van der Waals surface area contributed by atoms with Crippen LogP contribution < -0.4 is 5.73 Å². The molecule has 0 atom stereocenters. The lowest BCUT2D eigenvalue weighted by Crippen LogP contribution is -2.04. The lowest BCUT2D eigenvalue weighted by atomic mass is 10.1. The molecule has 0 radical (unpaired) electrons. The number of rotatable bonds is 2. The molecular formula is C13H13N5. The van der Waals surface area contributed by atoms with Crippen LogP contribution in [0.4, 0.5) is 5.82 Å². The van der Waals surface area contributed by atoms with E-state index in [4.69, 9.17) is 11.0 Å². The van der Waals surface area contributed by atoms with Gasteiger partial charge in [-0.25, -0.2) is 9.97 Å². The number of nitrogens with two attached hydrogens (primary N) is 1. The van der Waals surface area contributed by atoms with Gasteiger partial charge in [0, 0.05) is 29.9 Å². The maximum Gasteiger partial charge on any atom is 0.131 e. The number of aromatic nitrogens is 3. The average molecular weight is 239 g/mol. The van der Waals surface area contributed by atoms with Gasteiger partial charge in [-0.2, -0.15) is 5.26 Å². The highest BCUT2D eigenvalue weighted by Gasteiger charge is 2.10. The van der Waals surface area contributed by atoms with Crippen molar-refractivity contribution in [3.05, 3.63) is 35.4 Å². The molecule has 90 valence electrons. The first-order valence-electron chi connectivity index (χ1n) is 5.64. The Bertz CT molecular complexity index is 628. The van der Waals surface area contributed by atoms with E-state index in [0.717, 1.165) is 16.8 Å². The lowest BCUT2D eigenvalue weighted by Gasteiger charge is -2.09. The number of anilines is 1. The van der Waals surface area contributed by atoms with E-state index in [-0.39, 0.29) is 0 Å². The summed E-state index contributed by atoms with van der Waals surface area (Å²) in [5.41, 5.74) is 8.71. The minimum Gasteiger partial charge on any atom is -0.383 e. The van der Waals surface area contributed by atoms with Crippen molar-refractivity contribution in [1.29, 1.82) is 5.26 Å². The van der Waals surface area contributed by atoms with Crippen LogP contribution in [0.2, 0.25) is 0 Å². The van der Waals surface area contributed by atoms with Gasteiger partial charge in [0.05, 0.1) is 11.3 Å². The minimum atomic E-state index is 0.471.